The summed E-state index contributed by atoms with van der Waals surface area (Å²) in [5.74, 6) is 0.138. The van der Waals surface area contributed by atoms with Gasteiger partial charge < -0.3 is 4.74 Å². The molecule has 0 aliphatic heterocycles. The van der Waals surface area contributed by atoms with Crippen LogP contribution in [0.4, 0.5) is 0 Å². The lowest BCUT2D eigenvalue weighted by Crippen LogP contribution is -2.07. The van der Waals surface area contributed by atoms with Crippen molar-refractivity contribution >= 4 is 29.0 Å². The first kappa shape index (κ1) is 13.8. The number of methoxy groups -OCH3 is 1. The van der Waals surface area contributed by atoms with Crippen LogP contribution in [0.15, 0.2) is 30.6 Å². The number of ketones is 1. The minimum Gasteiger partial charge on any atom is -0.481 e. The third kappa shape index (κ3) is 3.22. The second-order valence-electron chi connectivity index (χ2n) is 3.75. The van der Waals surface area contributed by atoms with Crippen molar-refractivity contribution in [1.29, 1.82) is 0 Å². The first-order chi connectivity index (χ1) is 9.11. The molecular weight excluding hydrogens is 287 g/mol. The van der Waals surface area contributed by atoms with Crippen LogP contribution in [0.5, 0.6) is 5.88 Å². The van der Waals surface area contributed by atoms with Gasteiger partial charge in [-0.1, -0.05) is 29.3 Å². The minimum atomic E-state index is -0.198. The highest BCUT2D eigenvalue weighted by Crippen LogP contribution is 2.25. The zero-order chi connectivity index (χ0) is 13.8. The molecule has 0 atom stereocenters. The van der Waals surface area contributed by atoms with E-state index in [-0.39, 0.29) is 17.9 Å². The fourth-order valence-corrected chi connectivity index (χ4v) is 2.09. The Morgan fingerprint density at radius 3 is 2.58 bits per heavy atom. The number of benzene rings is 1. The molecule has 0 bridgehead atoms. The number of hydrogen-bond acceptors (Lipinski definition) is 4. The van der Waals surface area contributed by atoms with Crippen LogP contribution in [0.3, 0.4) is 0 Å². The van der Waals surface area contributed by atoms with Crippen molar-refractivity contribution < 1.29 is 9.53 Å². The van der Waals surface area contributed by atoms with Gasteiger partial charge in [0.05, 0.1) is 7.11 Å². The van der Waals surface area contributed by atoms with Gasteiger partial charge in [-0.15, -0.1) is 0 Å². The third-order valence-electron chi connectivity index (χ3n) is 2.54. The van der Waals surface area contributed by atoms with Crippen LogP contribution in [0.2, 0.25) is 10.0 Å². The molecule has 0 aliphatic rings. The fourth-order valence-electron chi connectivity index (χ4n) is 1.56. The summed E-state index contributed by atoms with van der Waals surface area (Å²) in [4.78, 5) is 19.9. The molecular formula is C13H10Cl2N2O2. The second-order valence-corrected chi connectivity index (χ2v) is 4.56. The number of nitrogens with zero attached hydrogens (tertiary/aromatic N) is 2. The Morgan fingerprint density at radius 1 is 1.26 bits per heavy atom. The van der Waals surface area contributed by atoms with E-state index in [1.807, 2.05) is 0 Å². The lowest BCUT2D eigenvalue weighted by molar-refractivity contribution is 0.0987. The van der Waals surface area contributed by atoms with Gasteiger partial charge in [0.2, 0.25) is 5.88 Å². The number of aromatic nitrogens is 2. The Morgan fingerprint density at radius 2 is 1.95 bits per heavy atom. The van der Waals surface area contributed by atoms with Crippen molar-refractivity contribution in [3.05, 3.63) is 51.9 Å². The van der Waals surface area contributed by atoms with Gasteiger partial charge in [0, 0.05) is 22.5 Å². The minimum absolute atomic E-state index is 0.0820. The van der Waals surface area contributed by atoms with E-state index in [4.69, 9.17) is 27.9 Å². The normalized spacial score (nSPS) is 10.3. The standard InChI is InChI=1S/C13H10Cl2N2O2/c1-19-13-6-11(16-7-17-13)12(18)5-8-9(14)3-2-4-10(8)15/h2-4,6-7H,5H2,1H3. The summed E-state index contributed by atoms with van der Waals surface area (Å²) in [5, 5.41) is 0.920. The van der Waals surface area contributed by atoms with Crippen LogP contribution in [0, 0.1) is 0 Å². The van der Waals surface area contributed by atoms with Crippen LogP contribution in [0.25, 0.3) is 0 Å². The van der Waals surface area contributed by atoms with E-state index in [1.165, 1.54) is 19.5 Å². The maximum Gasteiger partial charge on any atom is 0.216 e. The molecule has 0 aliphatic carbocycles. The second kappa shape index (κ2) is 5.99. The zero-order valence-corrected chi connectivity index (χ0v) is 11.6. The number of carbonyl (C=O) groups excluding carboxylic acids is 1. The largest absolute Gasteiger partial charge is 0.481 e. The van der Waals surface area contributed by atoms with E-state index in [0.29, 0.717) is 21.5 Å². The van der Waals surface area contributed by atoms with Crippen LogP contribution >= 0.6 is 23.2 Å². The van der Waals surface area contributed by atoms with Crippen LogP contribution in [-0.2, 0) is 6.42 Å². The van der Waals surface area contributed by atoms with Gasteiger partial charge in [0.25, 0.3) is 0 Å². The molecule has 19 heavy (non-hydrogen) atoms. The molecule has 0 fully saturated rings. The summed E-state index contributed by atoms with van der Waals surface area (Å²) in [5.41, 5.74) is 0.858. The SMILES string of the molecule is COc1cc(C(=O)Cc2c(Cl)cccc2Cl)ncn1. The van der Waals surface area contributed by atoms with Crippen LogP contribution in [-0.4, -0.2) is 22.9 Å². The molecule has 0 saturated carbocycles. The van der Waals surface area contributed by atoms with E-state index >= 15 is 0 Å². The zero-order valence-electron chi connectivity index (χ0n) is 10.1. The van der Waals surface area contributed by atoms with Crippen molar-refractivity contribution in [3.8, 4) is 5.88 Å². The van der Waals surface area contributed by atoms with E-state index in [9.17, 15) is 4.79 Å². The van der Waals surface area contributed by atoms with Crippen molar-refractivity contribution in [1.82, 2.24) is 9.97 Å². The molecule has 0 unspecified atom stereocenters. The number of hydrogen-bond donors (Lipinski definition) is 0. The summed E-state index contributed by atoms with van der Waals surface area (Å²) in [7, 11) is 1.47. The molecule has 0 spiro atoms. The molecule has 1 aromatic carbocycles. The summed E-state index contributed by atoms with van der Waals surface area (Å²) in [6.45, 7) is 0. The lowest BCUT2D eigenvalue weighted by Gasteiger charge is -2.06. The first-order valence-electron chi connectivity index (χ1n) is 5.44. The van der Waals surface area contributed by atoms with E-state index < -0.39 is 0 Å². The van der Waals surface area contributed by atoms with Crippen LogP contribution in [0.1, 0.15) is 16.1 Å². The number of rotatable bonds is 4. The van der Waals surface area contributed by atoms with Crippen molar-refractivity contribution in [2.24, 2.45) is 0 Å². The van der Waals surface area contributed by atoms with Gasteiger partial charge >= 0.3 is 0 Å². The molecule has 98 valence electrons. The Kier molecular flexibility index (Phi) is 4.35. The van der Waals surface area contributed by atoms with Crippen molar-refractivity contribution in [2.45, 2.75) is 6.42 Å². The summed E-state index contributed by atoms with van der Waals surface area (Å²) in [6, 6.07) is 6.59. The highest BCUT2D eigenvalue weighted by molar-refractivity contribution is 6.36. The van der Waals surface area contributed by atoms with E-state index in [1.54, 1.807) is 18.2 Å². The smallest absolute Gasteiger partial charge is 0.216 e. The molecule has 2 aromatic rings. The summed E-state index contributed by atoms with van der Waals surface area (Å²) < 4.78 is 4.95. The number of Topliss-reactive ketones (excluding diaryl/α,β-unsaturated/α-hetero) is 1. The molecule has 0 radical (unpaired) electrons. The first-order valence-corrected chi connectivity index (χ1v) is 6.19. The molecule has 6 heteroatoms. The number of ether oxygens (including phenoxy) is 1. The average Bonchev–Trinajstić information content (AvgIpc) is 2.43. The van der Waals surface area contributed by atoms with Gasteiger partial charge in [-0.3, -0.25) is 4.79 Å². The fraction of sp³-hybridized carbons (Fsp3) is 0.154. The highest BCUT2D eigenvalue weighted by Gasteiger charge is 2.14. The monoisotopic (exact) mass is 296 g/mol. The van der Waals surface area contributed by atoms with E-state index in [2.05, 4.69) is 9.97 Å². The predicted molar refractivity (Wildman–Crippen MR) is 73.1 cm³/mol. The highest BCUT2D eigenvalue weighted by atomic mass is 35.5. The number of halogens is 2. The van der Waals surface area contributed by atoms with Crippen molar-refractivity contribution in [3.63, 3.8) is 0 Å². The van der Waals surface area contributed by atoms with Gasteiger partial charge in [0.1, 0.15) is 12.0 Å². The van der Waals surface area contributed by atoms with Crippen LogP contribution < -0.4 is 4.74 Å². The molecule has 4 nitrogen and oxygen atoms in total. The number of carbonyl (C=O) groups is 1. The molecule has 0 N–H and O–H groups in total. The van der Waals surface area contributed by atoms with Gasteiger partial charge in [0.15, 0.2) is 5.78 Å². The maximum atomic E-state index is 12.1. The predicted octanol–water partition coefficient (Wildman–Crippen LogP) is 3.22. The average molecular weight is 297 g/mol. The topological polar surface area (TPSA) is 52.1 Å². The molecule has 1 heterocycles. The maximum absolute atomic E-state index is 12.1. The quantitative estimate of drug-likeness (QED) is 0.813. The van der Waals surface area contributed by atoms with Crippen molar-refractivity contribution in [2.75, 3.05) is 7.11 Å². The molecule has 1 aromatic heterocycles. The Balaban J connectivity index is 2.25. The Bertz CT molecular complexity index is 597. The lowest BCUT2D eigenvalue weighted by atomic mass is 10.1. The summed E-state index contributed by atoms with van der Waals surface area (Å²) >= 11 is 12.1. The molecule has 2 rings (SSSR count). The van der Waals surface area contributed by atoms with Gasteiger partial charge in [-0.05, 0) is 17.7 Å². The third-order valence-corrected chi connectivity index (χ3v) is 3.24. The summed E-state index contributed by atoms with van der Waals surface area (Å²) in [6.07, 6.45) is 1.36. The molecule has 0 saturated heterocycles. The van der Waals surface area contributed by atoms with Gasteiger partial charge in [-0.2, -0.15) is 0 Å². The molecule has 0 amide bonds. The Labute approximate surface area is 120 Å². The van der Waals surface area contributed by atoms with Gasteiger partial charge in [-0.25, -0.2) is 9.97 Å². The van der Waals surface area contributed by atoms with E-state index in [0.717, 1.165) is 0 Å². The Hall–Kier alpha value is -1.65.